The molecule has 6 rings (SSSR count). The quantitative estimate of drug-likeness (QED) is 0.332. The van der Waals surface area contributed by atoms with Crippen molar-refractivity contribution in [2.45, 2.75) is 46.1 Å². The number of pyridine rings is 1. The Labute approximate surface area is 250 Å². The van der Waals surface area contributed by atoms with Crippen molar-refractivity contribution in [3.63, 3.8) is 0 Å². The first-order valence-electron chi connectivity index (χ1n) is 14.5. The fourth-order valence-corrected chi connectivity index (χ4v) is 5.37. The van der Waals surface area contributed by atoms with E-state index in [1.54, 1.807) is 29.7 Å². The van der Waals surface area contributed by atoms with Gasteiger partial charge >= 0.3 is 6.09 Å². The van der Waals surface area contributed by atoms with E-state index in [1.165, 1.54) is 0 Å². The minimum absolute atomic E-state index is 0.232. The average molecular weight is 585 g/mol. The van der Waals surface area contributed by atoms with E-state index in [4.69, 9.17) is 14.5 Å². The summed E-state index contributed by atoms with van der Waals surface area (Å²) in [6.07, 6.45) is 8.43. The molecule has 2 aliphatic heterocycles. The van der Waals surface area contributed by atoms with Crippen molar-refractivity contribution in [3.8, 4) is 17.0 Å². The van der Waals surface area contributed by atoms with Crippen LogP contribution in [0.1, 0.15) is 39.2 Å². The highest BCUT2D eigenvalue weighted by Gasteiger charge is 2.31. The second-order valence-electron chi connectivity index (χ2n) is 11.9. The molecule has 0 spiro atoms. The summed E-state index contributed by atoms with van der Waals surface area (Å²) in [6.45, 7) is 10.1. The maximum atomic E-state index is 13.0. The van der Waals surface area contributed by atoms with Crippen LogP contribution in [0.3, 0.4) is 0 Å². The van der Waals surface area contributed by atoms with E-state index in [0.29, 0.717) is 48.2 Å². The molecule has 0 bridgehead atoms. The molecule has 5 heterocycles. The molecule has 1 amide bonds. The van der Waals surface area contributed by atoms with Crippen molar-refractivity contribution in [2.75, 3.05) is 48.0 Å². The lowest BCUT2D eigenvalue weighted by Crippen LogP contribution is -2.42. The number of aliphatic hydroxyl groups is 1. The van der Waals surface area contributed by atoms with Crippen LogP contribution in [-0.4, -0.2) is 74.6 Å². The fourth-order valence-electron chi connectivity index (χ4n) is 5.37. The predicted molar refractivity (Wildman–Crippen MR) is 164 cm³/mol. The Morgan fingerprint density at radius 1 is 1.07 bits per heavy atom. The van der Waals surface area contributed by atoms with Crippen molar-refractivity contribution < 1.29 is 19.4 Å². The maximum Gasteiger partial charge on any atom is 0.415 e. The number of rotatable bonds is 5. The first-order chi connectivity index (χ1) is 20.7. The summed E-state index contributed by atoms with van der Waals surface area (Å²) in [4.78, 5) is 39.6. The number of anilines is 4. The number of aliphatic hydroxyl groups excluding tert-OH is 1. The number of carbonyl (C=O) groups excluding carboxylic acids is 1. The summed E-state index contributed by atoms with van der Waals surface area (Å²) in [5.74, 6) is 1.87. The number of ether oxygens (including phenoxy) is 2. The number of carbonyl (C=O) groups is 1. The molecule has 0 atom stereocenters. The predicted octanol–water partition coefficient (Wildman–Crippen LogP) is 4.88. The Kier molecular flexibility index (Phi) is 7.70. The molecule has 12 nitrogen and oxygen atoms in total. The summed E-state index contributed by atoms with van der Waals surface area (Å²) in [5, 5.41) is 13.5. The molecular formula is C31H36N8O4. The monoisotopic (exact) mass is 584 g/mol. The molecular weight excluding hydrogens is 548 g/mol. The van der Waals surface area contributed by atoms with E-state index in [2.05, 4.69) is 30.2 Å². The Hall–Kier alpha value is -4.58. The van der Waals surface area contributed by atoms with Gasteiger partial charge in [-0.1, -0.05) is 12.1 Å². The summed E-state index contributed by atoms with van der Waals surface area (Å²) in [5.41, 5.74) is 4.05. The molecule has 224 valence electrons. The lowest BCUT2D eigenvalue weighted by Gasteiger charge is -2.32. The molecule has 12 heteroatoms. The highest BCUT2D eigenvalue weighted by molar-refractivity contribution is 5.94. The van der Waals surface area contributed by atoms with Crippen LogP contribution in [0, 0.1) is 12.8 Å². The van der Waals surface area contributed by atoms with Gasteiger partial charge in [-0.25, -0.2) is 29.7 Å². The van der Waals surface area contributed by atoms with Crippen molar-refractivity contribution in [1.82, 2.24) is 24.9 Å². The van der Waals surface area contributed by atoms with Crippen LogP contribution in [0.2, 0.25) is 0 Å². The van der Waals surface area contributed by atoms with Crippen molar-refractivity contribution >= 4 is 40.3 Å². The molecule has 0 radical (unpaired) electrons. The van der Waals surface area contributed by atoms with Gasteiger partial charge in [0.05, 0.1) is 30.1 Å². The van der Waals surface area contributed by atoms with Crippen molar-refractivity contribution in [3.05, 3.63) is 48.5 Å². The average Bonchev–Trinajstić information content (AvgIpc) is 3.00. The van der Waals surface area contributed by atoms with E-state index >= 15 is 0 Å². The largest absolute Gasteiger partial charge is 0.474 e. The third kappa shape index (κ3) is 6.14. The first kappa shape index (κ1) is 28.5. The number of amides is 1. The number of nitrogens with one attached hydrogen (secondary N) is 1. The zero-order valence-electron chi connectivity index (χ0n) is 24.9. The molecule has 1 saturated heterocycles. The summed E-state index contributed by atoms with van der Waals surface area (Å²) in [6, 6.07) is 5.94. The Balaban J connectivity index is 1.23. The molecule has 2 aliphatic rings. The molecule has 0 aliphatic carbocycles. The van der Waals surface area contributed by atoms with Crippen LogP contribution in [0.25, 0.3) is 22.0 Å². The van der Waals surface area contributed by atoms with Crippen LogP contribution in [0.5, 0.6) is 5.88 Å². The SMILES string of the molecule is Cc1c(-c2ccc3cnc(Nc4cnc(N5CCC(CO)CC5)nc4)nc3c2)cnc2c1N(C(=O)OC(C)(C)C)CCO2. The number of aromatic nitrogens is 5. The van der Waals surface area contributed by atoms with Crippen LogP contribution in [0.15, 0.2) is 43.0 Å². The van der Waals surface area contributed by atoms with E-state index < -0.39 is 11.7 Å². The number of benzene rings is 1. The zero-order valence-corrected chi connectivity index (χ0v) is 24.9. The minimum Gasteiger partial charge on any atom is -0.474 e. The second-order valence-corrected chi connectivity index (χ2v) is 11.9. The van der Waals surface area contributed by atoms with Gasteiger partial charge in [0, 0.05) is 43.0 Å². The number of hydrogen-bond donors (Lipinski definition) is 2. The van der Waals surface area contributed by atoms with Crippen LogP contribution in [-0.2, 0) is 4.74 Å². The lowest BCUT2D eigenvalue weighted by atomic mass is 9.98. The highest BCUT2D eigenvalue weighted by Crippen LogP contribution is 2.39. The molecule has 0 unspecified atom stereocenters. The highest BCUT2D eigenvalue weighted by atomic mass is 16.6. The molecule has 1 aromatic carbocycles. The molecule has 43 heavy (non-hydrogen) atoms. The normalized spacial score (nSPS) is 15.7. The molecule has 0 saturated carbocycles. The van der Waals surface area contributed by atoms with E-state index in [-0.39, 0.29) is 6.61 Å². The number of fused-ring (bicyclic) bond motifs is 2. The molecule has 4 aromatic rings. The Bertz CT molecular complexity index is 1630. The van der Waals surface area contributed by atoms with Gasteiger partial charge in [0.15, 0.2) is 0 Å². The third-order valence-electron chi connectivity index (χ3n) is 7.65. The number of piperidine rings is 1. The Morgan fingerprint density at radius 3 is 2.56 bits per heavy atom. The standard InChI is InChI=1S/C31H36N8O4/c1-19-24(17-32-27-26(19)39(11-12-42-27)30(41)43-31(2,3)4)21-5-6-22-14-33-28(37-25(22)13-21)36-23-15-34-29(35-16-23)38-9-7-20(18-40)8-10-38/h5-6,13-17,20,40H,7-12,18H2,1-4H3,(H,33,36,37). The van der Waals surface area contributed by atoms with Crippen molar-refractivity contribution in [1.29, 1.82) is 0 Å². The van der Waals surface area contributed by atoms with Gasteiger partial charge in [-0.15, -0.1) is 0 Å². The van der Waals surface area contributed by atoms with Gasteiger partial charge in [-0.3, -0.25) is 4.90 Å². The summed E-state index contributed by atoms with van der Waals surface area (Å²) >= 11 is 0. The van der Waals surface area contributed by atoms with E-state index in [1.807, 2.05) is 45.9 Å². The first-order valence-corrected chi connectivity index (χ1v) is 14.5. The van der Waals surface area contributed by atoms with Crippen LogP contribution < -0.4 is 19.9 Å². The Morgan fingerprint density at radius 2 is 1.84 bits per heavy atom. The van der Waals surface area contributed by atoms with Gasteiger partial charge in [0.25, 0.3) is 0 Å². The lowest BCUT2D eigenvalue weighted by molar-refractivity contribution is 0.0566. The smallest absolute Gasteiger partial charge is 0.415 e. The van der Waals surface area contributed by atoms with Gasteiger partial charge in [-0.05, 0) is 63.6 Å². The van der Waals surface area contributed by atoms with Gasteiger partial charge in [0.1, 0.15) is 17.9 Å². The second kappa shape index (κ2) is 11.6. The zero-order chi connectivity index (χ0) is 30.1. The number of nitrogens with zero attached hydrogens (tertiary/aromatic N) is 7. The summed E-state index contributed by atoms with van der Waals surface area (Å²) < 4.78 is 11.4. The number of hydrogen-bond acceptors (Lipinski definition) is 11. The van der Waals surface area contributed by atoms with Crippen LogP contribution >= 0.6 is 0 Å². The van der Waals surface area contributed by atoms with Gasteiger partial charge in [-0.2, -0.15) is 0 Å². The summed E-state index contributed by atoms with van der Waals surface area (Å²) in [7, 11) is 0. The van der Waals surface area contributed by atoms with Crippen LogP contribution in [0.4, 0.5) is 28.1 Å². The molecule has 3 aromatic heterocycles. The van der Waals surface area contributed by atoms with E-state index in [9.17, 15) is 9.90 Å². The fraction of sp³-hybridized carbons (Fsp3) is 0.419. The van der Waals surface area contributed by atoms with Gasteiger partial charge < -0.3 is 24.8 Å². The minimum atomic E-state index is -0.620. The van der Waals surface area contributed by atoms with Crippen molar-refractivity contribution in [2.24, 2.45) is 5.92 Å². The topological polar surface area (TPSA) is 139 Å². The molecule has 1 fully saturated rings. The third-order valence-corrected chi connectivity index (χ3v) is 7.65. The molecule has 2 N–H and O–H groups in total. The van der Waals surface area contributed by atoms with E-state index in [0.717, 1.165) is 53.5 Å². The van der Waals surface area contributed by atoms with Gasteiger partial charge in [0.2, 0.25) is 17.8 Å². The maximum absolute atomic E-state index is 13.0.